The van der Waals surface area contributed by atoms with Crippen LogP contribution in [-0.4, -0.2) is 16.8 Å². The Morgan fingerprint density at radius 1 is 0.973 bits per heavy atom. The SMILES string of the molecule is Cc1cc(/C(O)=C2/C(=O)C(=O)N(c3cccc(Cl)c3)C2c2sccc2C)ccc1OCc1ccccc1. The topological polar surface area (TPSA) is 66.8 Å². The number of Topliss-reactive ketones (excluding diaryl/α,β-unsaturated/α-hetero) is 1. The molecule has 0 aliphatic carbocycles. The fraction of sp³-hybridized carbons (Fsp3) is 0.133. The quantitative estimate of drug-likeness (QED) is 0.163. The summed E-state index contributed by atoms with van der Waals surface area (Å²) >= 11 is 7.65. The predicted octanol–water partition coefficient (Wildman–Crippen LogP) is 7.22. The summed E-state index contributed by atoms with van der Waals surface area (Å²) in [6.07, 6.45) is 0. The Labute approximate surface area is 224 Å². The van der Waals surface area contributed by atoms with Gasteiger partial charge in [-0.1, -0.05) is 48.0 Å². The minimum absolute atomic E-state index is 0.0490. The molecule has 2 heterocycles. The number of ketones is 1. The van der Waals surface area contributed by atoms with Crippen LogP contribution >= 0.6 is 22.9 Å². The van der Waals surface area contributed by atoms with Crippen molar-refractivity contribution in [3.8, 4) is 5.75 Å². The van der Waals surface area contributed by atoms with Crippen LogP contribution in [-0.2, 0) is 16.2 Å². The fourth-order valence-electron chi connectivity index (χ4n) is 4.49. The Morgan fingerprint density at radius 2 is 1.76 bits per heavy atom. The number of anilines is 1. The van der Waals surface area contributed by atoms with Crippen LogP contribution < -0.4 is 9.64 Å². The molecular weight excluding hydrogens is 506 g/mol. The Hall–Kier alpha value is -3.87. The Kier molecular flexibility index (Phi) is 6.87. The molecule has 3 aromatic carbocycles. The summed E-state index contributed by atoms with van der Waals surface area (Å²) in [5.41, 5.74) is 3.75. The molecular formula is C30H24ClNO4S. The zero-order valence-corrected chi connectivity index (χ0v) is 21.8. The summed E-state index contributed by atoms with van der Waals surface area (Å²) in [5, 5.41) is 13.8. The van der Waals surface area contributed by atoms with E-state index in [0.717, 1.165) is 21.6 Å². The molecule has 0 saturated carbocycles. The zero-order chi connectivity index (χ0) is 26.1. The van der Waals surface area contributed by atoms with Crippen molar-refractivity contribution in [1.82, 2.24) is 0 Å². The number of benzene rings is 3. The number of ether oxygens (including phenoxy) is 1. The van der Waals surface area contributed by atoms with E-state index in [9.17, 15) is 14.7 Å². The first-order chi connectivity index (χ1) is 17.8. The number of aryl methyl sites for hydroxylation is 2. The molecule has 0 bridgehead atoms. The summed E-state index contributed by atoms with van der Waals surface area (Å²) in [6.45, 7) is 4.21. The van der Waals surface area contributed by atoms with Crippen LogP contribution in [0.5, 0.6) is 5.75 Å². The van der Waals surface area contributed by atoms with E-state index in [0.29, 0.717) is 28.6 Å². The summed E-state index contributed by atoms with van der Waals surface area (Å²) in [7, 11) is 0. The van der Waals surface area contributed by atoms with E-state index in [1.807, 2.05) is 55.6 Å². The molecule has 37 heavy (non-hydrogen) atoms. The van der Waals surface area contributed by atoms with Gasteiger partial charge in [-0.2, -0.15) is 0 Å². The van der Waals surface area contributed by atoms with Gasteiger partial charge in [-0.15, -0.1) is 11.3 Å². The predicted molar refractivity (Wildman–Crippen MR) is 147 cm³/mol. The molecule has 7 heteroatoms. The van der Waals surface area contributed by atoms with Gasteiger partial charge in [0.15, 0.2) is 0 Å². The molecule has 5 nitrogen and oxygen atoms in total. The van der Waals surface area contributed by atoms with Gasteiger partial charge in [0, 0.05) is 21.2 Å². The van der Waals surface area contributed by atoms with Crippen LogP contribution in [0.4, 0.5) is 5.69 Å². The molecule has 5 rings (SSSR count). The fourth-order valence-corrected chi connectivity index (χ4v) is 5.70. The first-order valence-electron chi connectivity index (χ1n) is 11.7. The summed E-state index contributed by atoms with van der Waals surface area (Å²) < 4.78 is 5.97. The number of hydrogen-bond acceptors (Lipinski definition) is 5. The highest BCUT2D eigenvalue weighted by Gasteiger charge is 2.48. The lowest BCUT2D eigenvalue weighted by Crippen LogP contribution is -2.29. The second-order valence-electron chi connectivity index (χ2n) is 8.87. The van der Waals surface area contributed by atoms with Crippen molar-refractivity contribution in [2.45, 2.75) is 26.5 Å². The number of carbonyl (C=O) groups is 2. The molecule has 0 radical (unpaired) electrons. The third-order valence-corrected chi connectivity index (χ3v) is 7.67. The summed E-state index contributed by atoms with van der Waals surface area (Å²) in [5.74, 6) is -0.998. The number of carbonyl (C=O) groups excluding carboxylic acids is 2. The van der Waals surface area contributed by atoms with Gasteiger partial charge in [0.1, 0.15) is 24.2 Å². The normalized spacial score (nSPS) is 16.8. The van der Waals surface area contributed by atoms with Gasteiger partial charge in [0.05, 0.1) is 5.57 Å². The second-order valence-corrected chi connectivity index (χ2v) is 10.3. The number of thiophene rings is 1. The van der Waals surface area contributed by atoms with E-state index in [1.54, 1.807) is 42.5 Å². The zero-order valence-electron chi connectivity index (χ0n) is 20.3. The van der Waals surface area contributed by atoms with Gasteiger partial charge < -0.3 is 9.84 Å². The number of aliphatic hydroxyl groups excluding tert-OH is 1. The average Bonchev–Trinajstić information content (AvgIpc) is 3.43. The van der Waals surface area contributed by atoms with Gasteiger partial charge in [0.25, 0.3) is 11.7 Å². The maximum absolute atomic E-state index is 13.4. The Balaban J connectivity index is 1.55. The molecule has 1 N–H and O–H groups in total. The molecule has 1 atom stereocenters. The summed E-state index contributed by atoms with van der Waals surface area (Å²) in [6, 6.07) is 23.0. The van der Waals surface area contributed by atoms with E-state index in [4.69, 9.17) is 16.3 Å². The van der Waals surface area contributed by atoms with Gasteiger partial charge >= 0.3 is 0 Å². The maximum atomic E-state index is 13.4. The van der Waals surface area contributed by atoms with E-state index < -0.39 is 17.7 Å². The Morgan fingerprint density at radius 3 is 2.43 bits per heavy atom. The molecule has 1 unspecified atom stereocenters. The smallest absolute Gasteiger partial charge is 0.300 e. The number of nitrogens with zero attached hydrogens (tertiary/aromatic N) is 1. The summed E-state index contributed by atoms with van der Waals surface area (Å²) in [4.78, 5) is 28.9. The van der Waals surface area contributed by atoms with Crippen LogP contribution in [0.15, 0.2) is 89.8 Å². The number of amides is 1. The van der Waals surface area contributed by atoms with Crippen molar-refractivity contribution in [2.24, 2.45) is 0 Å². The van der Waals surface area contributed by atoms with Crippen molar-refractivity contribution in [2.75, 3.05) is 4.90 Å². The molecule has 1 saturated heterocycles. The minimum atomic E-state index is -0.771. The van der Waals surface area contributed by atoms with Crippen LogP contribution in [0, 0.1) is 13.8 Å². The van der Waals surface area contributed by atoms with Gasteiger partial charge in [-0.05, 0) is 78.4 Å². The van der Waals surface area contributed by atoms with Crippen molar-refractivity contribution >= 4 is 46.1 Å². The van der Waals surface area contributed by atoms with Crippen molar-refractivity contribution in [3.63, 3.8) is 0 Å². The standard InChI is InChI=1S/C30H24ClNO4S/c1-18-13-14-37-29(18)26-25(28(34)30(35)32(26)23-10-6-9-22(31)16-23)27(33)21-11-12-24(19(2)15-21)36-17-20-7-4-3-5-8-20/h3-16,26,33H,17H2,1-2H3/b27-25-. The molecule has 1 aliphatic heterocycles. The third-order valence-electron chi connectivity index (χ3n) is 6.37. The molecule has 1 aromatic heterocycles. The first-order valence-corrected chi connectivity index (χ1v) is 13.0. The maximum Gasteiger partial charge on any atom is 0.300 e. The largest absolute Gasteiger partial charge is 0.507 e. The highest BCUT2D eigenvalue weighted by molar-refractivity contribution is 7.10. The van der Waals surface area contributed by atoms with Crippen LogP contribution in [0.2, 0.25) is 5.02 Å². The second kappa shape index (κ2) is 10.2. The molecule has 1 aliphatic rings. The van der Waals surface area contributed by atoms with Gasteiger partial charge in [-0.3, -0.25) is 14.5 Å². The molecule has 1 amide bonds. The lowest BCUT2D eigenvalue weighted by Gasteiger charge is -2.25. The molecule has 186 valence electrons. The highest BCUT2D eigenvalue weighted by Crippen LogP contribution is 2.45. The third kappa shape index (κ3) is 4.78. The van der Waals surface area contributed by atoms with Gasteiger partial charge in [-0.25, -0.2) is 0 Å². The van der Waals surface area contributed by atoms with Gasteiger partial charge in [0.2, 0.25) is 0 Å². The van der Waals surface area contributed by atoms with E-state index in [2.05, 4.69) is 0 Å². The minimum Gasteiger partial charge on any atom is -0.507 e. The number of hydrogen-bond donors (Lipinski definition) is 1. The van der Waals surface area contributed by atoms with Crippen LogP contribution in [0.25, 0.3) is 5.76 Å². The lowest BCUT2D eigenvalue weighted by molar-refractivity contribution is -0.132. The van der Waals surface area contributed by atoms with E-state index >= 15 is 0 Å². The molecule has 1 fully saturated rings. The van der Waals surface area contributed by atoms with Crippen molar-refractivity contribution in [1.29, 1.82) is 0 Å². The van der Waals surface area contributed by atoms with E-state index in [-0.39, 0.29) is 11.3 Å². The van der Waals surface area contributed by atoms with Crippen molar-refractivity contribution < 1.29 is 19.4 Å². The first kappa shape index (κ1) is 24.8. The monoisotopic (exact) mass is 529 g/mol. The van der Waals surface area contributed by atoms with Crippen LogP contribution in [0.3, 0.4) is 0 Å². The molecule has 0 spiro atoms. The van der Waals surface area contributed by atoms with E-state index in [1.165, 1.54) is 16.2 Å². The number of rotatable bonds is 6. The Bertz CT molecular complexity index is 1530. The number of aliphatic hydroxyl groups is 1. The highest BCUT2D eigenvalue weighted by atomic mass is 35.5. The lowest BCUT2D eigenvalue weighted by atomic mass is 9.97. The van der Waals surface area contributed by atoms with Crippen LogP contribution in [0.1, 0.15) is 33.2 Å². The average molecular weight is 530 g/mol. The van der Waals surface area contributed by atoms with Crippen molar-refractivity contribution in [3.05, 3.63) is 122 Å². The number of halogens is 1. The molecule has 4 aromatic rings.